The second-order valence-electron chi connectivity index (χ2n) is 3.77. The van der Waals surface area contributed by atoms with Gasteiger partial charge in [-0.3, -0.25) is 0 Å². The SMILES string of the molecule is CCOC(=O)c1cc(SC(F)(F)F)c(C(F)(F)F)cc1C#N. The molecule has 10 heteroatoms. The number of hydrogen-bond donors (Lipinski definition) is 0. The molecular formula is C12H7F6NO2S. The first-order chi connectivity index (χ1) is 9.99. The van der Waals surface area contributed by atoms with Crippen molar-refractivity contribution in [2.45, 2.75) is 23.5 Å². The molecule has 0 radical (unpaired) electrons. The van der Waals surface area contributed by atoms with E-state index in [0.717, 1.165) is 0 Å². The molecule has 0 heterocycles. The highest BCUT2D eigenvalue weighted by atomic mass is 32.2. The molecule has 0 aliphatic rings. The van der Waals surface area contributed by atoms with E-state index in [9.17, 15) is 31.1 Å². The summed E-state index contributed by atoms with van der Waals surface area (Å²) in [5.74, 6) is -1.17. The molecule has 0 saturated carbocycles. The average molecular weight is 343 g/mol. The molecule has 0 N–H and O–H groups in total. The predicted molar refractivity (Wildman–Crippen MR) is 64.0 cm³/mol. The predicted octanol–water partition coefficient (Wildman–Crippen LogP) is 4.37. The first kappa shape index (κ1) is 18.2. The Morgan fingerprint density at radius 1 is 1.27 bits per heavy atom. The average Bonchev–Trinajstić information content (AvgIpc) is 2.35. The Balaban J connectivity index is 3.54. The van der Waals surface area contributed by atoms with Gasteiger partial charge in [-0.2, -0.15) is 31.6 Å². The zero-order valence-electron chi connectivity index (χ0n) is 10.8. The maximum absolute atomic E-state index is 12.8. The van der Waals surface area contributed by atoms with Gasteiger partial charge in [0.05, 0.1) is 23.3 Å². The molecule has 3 nitrogen and oxygen atoms in total. The number of thioether (sulfide) groups is 1. The molecule has 1 aromatic carbocycles. The molecule has 120 valence electrons. The van der Waals surface area contributed by atoms with Gasteiger partial charge in [-0.25, -0.2) is 4.79 Å². The molecule has 0 bridgehead atoms. The van der Waals surface area contributed by atoms with Crippen LogP contribution in [0, 0.1) is 11.3 Å². The van der Waals surface area contributed by atoms with Crippen LogP contribution in [0.5, 0.6) is 0 Å². The lowest BCUT2D eigenvalue weighted by Crippen LogP contribution is -2.14. The molecule has 0 aliphatic heterocycles. The number of alkyl halides is 6. The third-order valence-corrected chi connectivity index (χ3v) is 3.06. The molecular weight excluding hydrogens is 336 g/mol. The summed E-state index contributed by atoms with van der Waals surface area (Å²) in [5, 5.41) is 8.80. The first-order valence-electron chi connectivity index (χ1n) is 5.57. The van der Waals surface area contributed by atoms with Crippen molar-refractivity contribution in [1.29, 1.82) is 5.26 Å². The van der Waals surface area contributed by atoms with Crippen molar-refractivity contribution >= 4 is 17.7 Å². The van der Waals surface area contributed by atoms with Crippen molar-refractivity contribution in [1.82, 2.24) is 0 Å². The van der Waals surface area contributed by atoms with E-state index in [1.165, 1.54) is 13.0 Å². The number of carbonyl (C=O) groups is 1. The van der Waals surface area contributed by atoms with Crippen LogP contribution in [0.15, 0.2) is 17.0 Å². The monoisotopic (exact) mass is 343 g/mol. The molecule has 1 aromatic rings. The Labute approximate surface area is 124 Å². The fourth-order valence-corrected chi connectivity index (χ4v) is 2.19. The Morgan fingerprint density at radius 2 is 1.86 bits per heavy atom. The topological polar surface area (TPSA) is 50.1 Å². The summed E-state index contributed by atoms with van der Waals surface area (Å²) in [6.45, 7) is 1.26. The minimum Gasteiger partial charge on any atom is -0.462 e. The molecule has 0 aliphatic carbocycles. The third kappa shape index (κ3) is 4.56. The van der Waals surface area contributed by atoms with E-state index in [1.54, 1.807) is 0 Å². The fourth-order valence-electron chi connectivity index (χ4n) is 1.48. The van der Waals surface area contributed by atoms with E-state index in [2.05, 4.69) is 4.74 Å². The summed E-state index contributed by atoms with van der Waals surface area (Å²) in [4.78, 5) is 10.3. The van der Waals surface area contributed by atoms with Crippen molar-refractivity contribution in [3.8, 4) is 6.07 Å². The highest BCUT2D eigenvalue weighted by molar-refractivity contribution is 8.00. The van der Waals surface area contributed by atoms with E-state index < -0.39 is 51.0 Å². The summed E-state index contributed by atoms with van der Waals surface area (Å²) in [5.41, 5.74) is -7.99. The van der Waals surface area contributed by atoms with Crippen LogP contribution in [-0.2, 0) is 10.9 Å². The first-order valence-corrected chi connectivity index (χ1v) is 6.39. The minimum atomic E-state index is -5.10. The van der Waals surface area contributed by atoms with Crippen LogP contribution in [0.2, 0.25) is 0 Å². The van der Waals surface area contributed by atoms with E-state index in [0.29, 0.717) is 6.07 Å². The number of carbonyl (C=O) groups excluding carboxylic acids is 1. The second-order valence-corrected chi connectivity index (χ2v) is 4.88. The maximum Gasteiger partial charge on any atom is 0.446 e. The van der Waals surface area contributed by atoms with Crippen LogP contribution >= 0.6 is 11.8 Å². The lowest BCUT2D eigenvalue weighted by Gasteiger charge is -2.16. The summed E-state index contributed by atoms with van der Waals surface area (Å²) < 4.78 is 80.1. The van der Waals surface area contributed by atoms with Gasteiger partial charge in [0.1, 0.15) is 6.07 Å². The normalized spacial score (nSPS) is 11.9. The van der Waals surface area contributed by atoms with Crippen molar-refractivity contribution < 1.29 is 35.9 Å². The molecule has 0 spiro atoms. The number of rotatable bonds is 3. The molecule has 0 unspecified atom stereocenters. The van der Waals surface area contributed by atoms with Gasteiger partial charge >= 0.3 is 17.7 Å². The molecule has 0 aromatic heterocycles. The lowest BCUT2D eigenvalue weighted by atomic mass is 10.0. The lowest BCUT2D eigenvalue weighted by molar-refractivity contribution is -0.139. The number of ether oxygens (including phenoxy) is 1. The quantitative estimate of drug-likeness (QED) is 0.465. The van der Waals surface area contributed by atoms with Crippen molar-refractivity contribution in [3.63, 3.8) is 0 Å². The van der Waals surface area contributed by atoms with E-state index >= 15 is 0 Å². The Morgan fingerprint density at radius 3 is 2.27 bits per heavy atom. The molecule has 0 saturated heterocycles. The standard InChI is InChI=1S/C12H7F6NO2S/c1-2-21-10(20)7-4-9(22-12(16,17)18)8(11(13,14)15)3-6(7)5-19/h3-4H,2H2,1H3. The Kier molecular flexibility index (Phi) is 5.35. The third-order valence-electron chi connectivity index (χ3n) is 2.27. The molecule has 22 heavy (non-hydrogen) atoms. The fraction of sp³-hybridized carbons (Fsp3) is 0.333. The highest BCUT2D eigenvalue weighted by Crippen LogP contribution is 2.44. The van der Waals surface area contributed by atoms with Gasteiger partial charge in [0, 0.05) is 4.90 Å². The van der Waals surface area contributed by atoms with E-state index in [1.807, 2.05) is 0 Å². The summed E-state index contributed by atoms with van der Waals surface area (Å²) >= 11 is -1.01. The zero-order valence-corrected chi connectivity index (χ0v) is 11.6. The van der Waals surface area contributed by atoms with Crippen molar-refractivity contribution in [2.75, 3.05) is 6.61 Å². The Bertz CT molecular complexity index is 618. The van der Waals surface area contributed by atoms with Gasteiger partial charge in [0.2, 0.25) is 0 Å². The van der Waals surface area contributed by atoms with Gasteiger partial charge < -0.3 is 4.74 Å². The van der Waals surface area contributed by atoms with Gasteiger partial charge in [0.25, 0.3) is 0 Å². The molecule has 0 amide bonds. The van der Waals surface area contributed by atoms with Gasteiger partial charge in [-0.1, -0.05) is 0 Å². The largest absolute Gasteiger partial charge is 0.462 e. The smallest absolute Gasteiger partial charge is 0.446 e. The number of halogens is 6. The van der Waals surface area contributed by atoms with Gasteiger partial charge in [-0.15, -0.1) is 0 Å². The molecule has 0 fully saturated rings. The number of nitrogens with zero attached hydrogens (tertiary/aromatic N) is 1. The number of nitriles is 1. The number of esters is 1. The number of benzene rings is 1. The Hall–Kier alpha value is -1.89. The van der Waals surface area contributed by atoms with Crippen LogP contribution in [0.25, 0.3) is 0 Å². The van der Waals surface area contributed by atoms with E-state index in [-0.39, 0.29) is 12.7 Å². The van der Waals surface area contributed by atoms with Crippen LogP contribution in [0.4, 0.5) is 26.3 Å². The van der Waals surface area contributed by atoms with Crippen LogP contribution in [0.1, 0.15) is 28.4 Å². The minimum absolute atomic E-state index is 0.146. The van der Waals surface area contributed by atoms with Gasteiger partial charge in [0.15, 0.2) is 0 Å². The summed E-state index contributed by atoms with van der Waals surface area (Å²) in [6, 6.07) is 1.93. The second kappa shape index (κ2) is 6.48. The van der Waals surface area contributed by atoms with Gasteiger partial charge in [-0.05, 0) is 30.8 Å². The molecule has 0 atom stereocenters. The highest BCUT2D eigenvalue weighted by Gasteiger charge is 2.39. The number of hydrogen-bond acceptors (Lipinski definition) is 4. The van der Waals surface area contributed by atoms with Crippen LogP contribution < -0.4 is 0 Å². The molecule has 1 rings (SSSR count). The van der Waals surface area contributed by atoms with Crippen molar-refractivity contribution in [2.24, 2.45) is 0 Å². The van der Waals surface area contributed by atoms with Crippen LogP contribution in [-0.4, -0.2) is 18.1 Å². The van der Waals surface area contributed by atoms with Crippen molar-refractivity contribution in [3.05, 3.63) is 28.8 Å². The zero-order chi connectivity index (χ0) is 17.1. The summed E-state index contributed by atoms with van der Waals surface area (Å²) in [6.07, 6.45) is -5.10. The maximum atomic E-state index is 12.8. The van der Waals surface area contributed by atoms with Crippen LogP contribution in [0.3, 0.4) is 0 Å². The van der Waals surface area contributed by atoms with E-state index in [4.69, 9.17) is 5.26 Å². The summed E-state index contributed by atoms with van der Waals surface area (Å²) in [7, 11) is 0.